The van der Waals surface area contributed by atoms with Gasteiger partial charge < -0.3 is 4.57 Å². The summed E-state index contributed by atoms with van der Waals surface area (Å²) in [6.45, 7) is 6.48. The van der Waals surface area contributed by atoms with Gasteiger partial charge in [-0.1, -0.05) is 6.42 Å². The summed E-state index contributed by atoms with van der Waals surface area (Å²) < 4.78 is 15.6. The van der Waals surface area contributed by atoms with E-state index in [0.717, 1.165) is 24.0 Å². The molecule has 0 saturated carbocycles. The van der Waals surface area contributed by atoms with Crippen molar-refractivity contribution in [2.45, 2.75) is 39.3 Å². The third-order valence-corrected chi connectivity index (χ3v) is 4.10. The van der Waals surface area contributed by atoms with Crippen molar-refractivity contribution in [3.63, 3.8) is 0 Å². The number of aryl methyl sites for hydroxylation is 1. The Morgan fingerprint density at radius 1 is 1.11 bits per heavy atom. The number of fused-ring (bicyclic) bond motifs is 1. The molecule has 0 atom stereocenters. The summed E-state index contributed by atoms with van der Waals surface area (Å²) >= 11 is 0. The van der Waals surface area contributed by atoms with Crippen LogP contribution in [0.2, 0.25) is 0 Å². The monoisotopic (exact) mass is 260 g/mol. The van der Waals surface area contributed by atoms with Crippen LogP contribution in [0.25, 0.3) is 10.9 Å². The van der Waals surface area contributed by atoms with Crippen LogP contribution in [0.3, 0.4) is 0 Å². The molecule has 19 heavy (non-hydrogen) atoms. The van der Waals surface area contributed by atoms with Gasteiger partial charge in [0.2, 0.25) is 0 Å². The number of likely N-dealkylation sites (tertiary alicyclic amines) is 1. The Balaban J connectivity index is 1.93. The lowest BCUT2D eigenvalue weighted by molar-refractivity contribution is 0.216. The van der Waals surface area contributed by atoms with Crippen molar-refractivity contribution >= 4 is 10.9 Å². The lowest BCUT2D eigenvalue weighted by Crippen LogP contribution is -2.29. The summed E-state index contributed by atoms with van der Waals surface area (Å²) in [6, 6.07) is 7.24. The van der Waals surface area contributed by atoms with E-state index in [0.29, 0.717) is 0 Å². The number of halogens is 1. The molecule has 2 heterocycles. The third-order valence-electron chi connectivity index (χ3n) is 4.10. The largest absolute Gasteiger partial charge is 0.344 e. The van der Waals surface area contributed by atoms with E-state index in [9.17, 15) is 4.39 Å². The highest BCUT2D eigenvalue weighted by Crippen LogP contribution is 2.23. The van der Waals surface area contributed by atoms with Crippen LogP contribution in [0.4, 0.5) is 4.39 Å². The normalized spacial score (nSPS) is 17.2. The second-order valence-electron chi connectivity index (χ2n) is 5.42. The van der Waals surface area contributed by atoms with Crippen molar-refractivity contribution in [1.29, 1.82) is 0 Å². The van der Waals surface area contributed by atoms with Crippen LogP contribution < -0.4 is 0 Å². The molecule has 3 rings (SSSR count). The number of nitrogens with zero attached hydrogens (tertiary/aromatic N) is 2. The van der Waals surface area contributed by atoms with E-state index < -0.39 is 0 Å². The maximum atomic E-state index is 13.3. The van der Waals surface area contributed by atoms with E-state index in [-0.39, 0.29) is 5.82 Å². The summed E-state index contributed by atoms with van der Waals surface area (Å²) in [6.07, 6.45) is 3.97. The Hall–Kier alpha value is -1.35. The van der Waals surface area contributed by atoms with Gasteiger partial charge in [-0.3, -0.25) is 4.90 Å². The highest BCUT2D eigenvalue weighted by atomic mass is 19.1. The first kappa shape index (κ1) is 12.7. The average molecular weight is 260 g/mol. The van der Waals surface area contributed by atoms with Crippen molar-refractivity contribution < 1.29 is 4.39 Å². The average Bonchev–Trinajstić information content (AvgIpc) is 2.76. The Kier molecular flexibility index (Phi) is 3.56. The quantitative estimate of drug-likeness (QED) is 0.815. The summed E-state index contributed by atoms with van der Waals surface area (Å²) in [5.74, 6) is -0.148. The molecule has 1 aliphatic rings. The number of piperidine rings is 1. The van der Waals surface area contributed by atoms with Gasteiger partial charge in [0.1, 0.15) is 5.82 Å². The van der Waals surface area contributed by atoms with Gasteiger partial charge in [-0.15, -0.1) is 0 Å². The molecular weight excluding hydrogens is 239 g/mol. The van der Waals surface area contributed by atoms with E-state index in [1.54, 1.807) is 12.1 Å². The minimum absolute atomic E-state index is 0.148. The van der Waals surface area contributed by atoms with Gasteiger partial charge >= 0.3 is 0 Å². The van der Waals surface area contributed by atoms with Gasteiger partial charge in [0.25, 0.3) is 0 Å². The molecule has 3 heteroatoms. The molecule has 0 spiro atoms. The molecule has 0 bridgehead atoms. The predicted molar refractivity (Wildman–Crippen MR) is 76.7 cm³/mol. The molecule has 0 N–H and O–H groups in total. The zero-order chi connectivity index (χ0) is 13.2. The predicted octanol–water partition coefficient (Wildman–Crippen LogP) is 3.79. The van der Waals surface area contributed by atoms with Crippen LogP contribution in [0.1, 0.15) is 31.9 Å². The molecule has 0 radical (unpaired) electrons. The summed E-state index contributed by atoms with van der Waals surface area (Å²) in [7, 11) is 0. The Bertz CT molecular complexity index is 567. The fourth-order valence-electron chi connectivity index (χ4n) is 3.15. The van der Waals surface area contributed by atoms with Crippen molar-refractivity contribution in [3.05, 3.63) is 35.8 Å². The number of aromatic nitrogens is 1. The van der Waals surface area contributed by atoms with Gasteiger partial charge in [0.05, 0.1) is 0 Å². The van der Waals surface area contributed by atoms with Crippen LogP contribution in [0.15, 0.2) is 24.3 Å². The molecule has 102 valence electrons. The van der Waals surface area contributed by atoms with E-state index >= 15 is 0 Å². The van der Waals surface area contributed by atoms with Gasteiger partial charge in [0.15, 0.2) is 0 Å². The number of hydrogen-bond donors (Lipinski definition) is 0. The molecule has 1 aromatic carbocycles. The smallest absolute Gasteiger partial charge is 0.123 e. The van der Waals surface area contributed by atoms with Gasteiger partial charge in [-0.05, 0) is 57.1 Å². The highest BCUT2D eigenvalue weighted by molar-refractivity contribution is 5.81. The molecule has 2 nitrogen and oxygen atoms in total. The molecule has 0 aliphatic carbocycles. The molecule has 1 saturated heterocycles. The van der Waals surface area contributed by atoms with Crippen molar-refractivity contribution in [2.24, 2.45) is 0 Å². The number of hydrogen-bond acceptors (Lipinski definition) is 1. The molecule has 0 unspecified atom stereocenters. The van der Waals surface area contributed by atoms with Crippen LogP contribution in [0.5, 0.6) is 0 Å². The second-order valence-corrected chi connectivity index (χ2v) is 5.42. The molecule has 2 aromatic rings. The van der Waals surface area contributed by atoms with Gasteiger partial charge in [0, 0.05) is 29.7 Å². The summed E-state index contributed by atoms with van der Waals surface area (Å²) in [4.78, 5) is 2.51. The van der Waals surface area contributed by atoms with E-state index in [1.807, 2.05) is 6.07 Å². The number of rotatable bonds is 3. The number of benzene rings is 1. The van der Waals surface area contributed by atoms with E-state index in [1.165, 1.54) is 38.0 Å². The molecule has 1 aliphatic heterocycles. The maximum absolute atomic E-state index is 13.3. The highest BCUT2D eigenvalue weighted by Gasteiger charge is 2.14. The molecule has 0 amide bonds. The Morgan fingerprint density at radius 3 is 2.63 bits per heavy atom. The SMILES string of the molecule is CCn1c(CN2CCCCC2)cc2cc(F)ccc21. The summed E-state index contributed by atoms with van der Waals surface area (Å²) in [5, 5.41) is 1.02. The standard InChI is InChI=1S/C16H21FN2/c1-2-19-15(12-18-8-4-3-5-9-18)11-13-10-14(17)6-7-16(13)19/h6-7,10-11H,2-5,8-9,12H2,1H3. The van der Waals surface area contributed by atoms with E-state index in [4.69, 9.17) is 0 Å². The van der Waals surface area contributed by atoms with Gasteiger partial charge in [-0.25, -0.2) is 4.39 Å². The molecular formula is C16H21FN2. The van der Waals surface area contributed by atoms with Crippen LogP contribution in [0, 0.1) is 5.82 Å². The first-order chi connectivity index (χ1) is 9.28. The lowest BCUT2D eigenvalue weighted by Gasteiger charge is -2.26. The topological polar surface area (TPSA) is 8.17 Å². The Labute approximate surface area is 113 Å². The first-order valence-electron chi connectivity index (χ1n) is 7.28. The zero-order valence-corrected chi connectivity index (χ0v) is 11.5. The van der Waals surface area contributed by atoms with Crippen LogP contribution in [-0.4, -0.2) is 22.6 Å². The van der Waals surface area contributed by atoms with Crippen LogP contribution >= 0.6 is 0 Å². The van der Waals surface area contributed by atoms with Crippen molar-refractivity contribution in [2.75, 3.05) is 13.1 Å². The minimum Gasteiger partial charge on any atom is -0.344 e. The lowest BCUT2D eigenvalue weighted by atomic mass is 10.1. The minimum atomic E-state index is -0.148. The summed E-state index contributed by atoms with van der Waals surface area (Å²) in [5.41, 5.74) is 2.46. The Morgan fingerprint density at radius 2 is 1.89 bits per heavy atom. The fourth-order valence-corrected chi connectivity index (χ4v) is 3.15. The zero-order valence-electron chi connectivity index (χ0n) is 11.5. The van der Waals surface area contributed by atoms with Crippen LogP contribution in [-0.2, 0) is 13.1 Å². The first-order valence-corrected chi connectivity index (χ1v) is 7.28. The molecule has 1 fully saturated rings. The third kappa shape index (κ3) is 2.52. The van der Waals surface area contributed by atoms with E-state index in [2.05, 4.69) is 22.5 Å². The van der Waals surface area contributed by atoms with Gasteiger partial charge in [-0.2, -0.15) is 0 Å². The second kappa shape index (κ2) is 5.33. The van der Waals surface area contributed by atoms with Crippen molar-refractivity contribution in [1.82, 2.24) is 9.47 Å². The fraction of sp³-hybridized carbons (Fsp3) is 0.500. The van der Waals surface area contributed by atoms with Crippen molar-refractivity contribution in [3.8, 4) is 0 Å². The maximum Gasteiger partial charge on any atom is 0.123 e. The molecule has 1 aromatic heterocycles.